The third-order valence-electron chi connectivity index (χ3n) is 4.96. The number of nitrogens with zero attached hydrogens (tertiary/aromatic N) is 3. The molecule has 0 fully saturated rings. The number of fused-ring (bicyclic) bond motifs is 1. The maximum Gasteiger partial charge on any atom is 0.261 e. The van der Waals surface area contributed by atoms with Gasteiger partial charge in [-0.3, -0.25) is 19.3 Å². The largest absolute Gasteiger partial charge is 0.349 e. The molecule has 0 spiro atoms. The average Bonchev–Trinajstić information content (AvgIpc) is 3.31. The van der Waals surface area contributed by atoms with Crippen molar-refractivity contribution in [3.63, 3.8) is 0 Å². The maximum atomic E-state index is 12.5. The molecule has 1 atom stereocenters. The van der Waals surface area contributed by atoms with Crippen LogP contribution < -0.4 is 5.32 Å². The highest BCUT2D eigenvalue weighted by Crippen LogP contribution is 2.25. The van der Waals surface area contributed by atoms with Crippen LogP contribution in [-0.2, 0) is 11.3 Å². The molecule has 1 aliphatic heterocycles. The Kier molecular flexibility index (Phi) is 5.14. The van der Waals surface area contributed by atoms with Gasteiger partial charge in [-0.2, -0.15) is 4.98 Å². The summed E-state index contributed by atoms with van der Waals surface area (Å²) < 4.78 is 5.24. The minimum Gasteiger partial charge on any atom is -0.349 e. The zero-order chi connectivity index (χ0) is 21.3. The standard InChI is InChI=1S/C22H20N4O4/c1-13-7-9-15(10-8-13)20-24-18(25-30-20)12-23-19(27)11-14(2)26-21(28)16-5-3-4-6-17(16)22(26)29/h3-10,14H,11-12H2,1-2H3,(H,23,27)/t14-/m1/s1. The highest BCUT2D eigenvalue weighted by atomic mass is 16.5. The molecule has 1 aliphatic rings. The number of rotatable bonds is 6. The Morgan fingerprint density at radius 3 is 2.33 bits per heavy atom. The van der Waals surface area contributed by atoms with Crippen LogP contribution in [0.5, 0.6) is 0 Å². The Morgan fingerprint density at radius 2 is 1.70 bits per heavy atom. The summed E-state index contributed by atoms with van der Waals surface area (Å²) in [6.07, 6.45) is -0.0197. The summed E-state index contributed by atoms with van der Waals surface area (Å²) in [6.45, 7) is 3.75. The van der Waals surface area contributed by atoms with Gasteiger partial charge in [0.05, 0.1) is 17.7 Å². The van der Waals surface area contributed by atoms with E-state index in [1.165, 1.54) is 0 Å². The maximum absolute atomic E-state index is 12.5. The average molecular weight is 404 g/mol. The van der Waals surface area contributed by atoms with Crippen molar-refractivity contribution in [2.75, 3.05) is 0 Å². The van der Waals surface area contributed by atoms with Gasteiger partial charge >= 0.3 is 0 Å². The lowest BCUT2D eigenvalue weighted by atomic mass is 10.1. The Morgan fingerprint density at radius 1 is 1.07 bits per heavy atom. The molecular formula is C22H20N4O4. The van der Waals surface area contributed by atoms with Crippen LogP contribution in [0.3, 0.4) is 0 Å². The molecular weight excluding hydrogens is 384 g/mol. The molecule has 8 nitrogen and oxygen atoms in total. The van der Waals surface area contributed by atoms with Crippen LogP contribution >= 0.6 is 0 Å². The minimum absolute atomic E-state index is 0.0197. The fraction of sp³-hybridized carbons (Fsp3) is 0.227. The van der Waals surface area contributed by atoms with E-state index in [9.17, 15) is 14.4 Å². The van der Waals surface area contributed by atoms with Crippen LogP contribution in [0, 0.1) is 6.92 Å². The summed E-state index contributed by atoms with van der Waals surface area (Å²) in [5.74, 6) is -0.361. The Labute approximate surface area is 172 Å². The minimum atomic E-state index is -0.578. The topological polar surface area (TPSA) is 105 Å². The molecule has 8 heteroatoms. The van der Waals surface area contributed by atoms with Gasteiger partial charge in [0, 0.05) is 18.0 Å². The Hall–Kier alpha value is -3.81. The summed E-state index contributed by atoms with van der Waals surface area (Å²) >= 11 is 0. The Balaban J connectivity index is 1.34. The van der Waals surface area contributed by atoms with Gasteiger partial charge in [-0.05, 0) is 38.1 Å². The van der Waals surface area contributed by atoms with Crippen LogP contribution in [0.15, 0.2) is 53.1 Å². The lowest BCUT2D eigenvalue weighted by Gasteiger charge is -2.21. The molecule has 0 aliphatic carbocycles. The molecule has 0 unspecified atom stereocenters. The first-order valence-electron chi connectivity index (χ1n) is 9.57. The molecule has 2 heterocycles. The fourth-order valence-electron chi connectivity index (χ4n) is 3.36. The van der Waals surface area contributed by atoms with E-state index in [1.54, 1.807) is 31.2 Å². The number of aromatic nitrogens is 2. The number of aryl methyl sites for hydroxylation is 1. The number of benzene rings is 2. The second-order valence-electron chi connectivity index (χ2n) is 7.24. The first-order chi connectivity index (χ1) is 14.4. The normalized spacial score (nSPS) is 14.0. The molecule has 1 N–H and O–H groups in total. The van der Waals surface area contributed by atoms with E-state index in [0.717, 1.165) is 16.0 Å². The SMILES string of the molecule is Cc1ccc(-c2nc(CNC(=O)C[C@@H](C)N3C(=O)c4ccccc4C3=O)no2)cc1. The summed E-state index contributed by atoms with van der Waals surface area (Å²) in [7, 11) is 0. The van der Waals surface area contributed by atoms with Crippen molar-refractivity contribution in [1.82, 2.24) is 20.4 Å². The molecule has 152 valence electrons. The van der Waals surface area contributed by atoms with Crippen molar-refractivity contribution in [3.8, 4) is 11.5 Å². The van der Waals surface area contributed by atoms with Gasteiger partial charge < -0.3 is 9.84 Å². The fourth-order valence-corrected chi connectivity index (χ4v) is 3.36. The predicted octanol–water partition coefficient (Wildman–Crippen LogP) is 2.74. The first-order valence-corrected chi connectivity index (χ1v) is 9.57. The van der Waals surface area contributed by atoms with Crippen molar-refractivity contribution in [3.05, 3.63) is 71.0 Å². The number of hydrogen-bond donors (Lipinski definition) is 1. The quantitative estimate of drug-likeness (QED) is 0.634. The number of nitrogens with one attached hydrogen (secondary N) is 1. The third kappa shape index (κ3) is 3.71. The predicted molar refractivity (Wildman–Crippen MR) is 107 cm³/mol. The van der Waals surface area contributed by atoms with Gasteiger partial charge in [0.1, 0.15) is 0 Å². The highest BCUT2D eigenvalue weighted by molar-refractivity contribution is 6.21. The van der Waals surface area contributed by atoms with Crippen LogP contribution in [-0.4, -0.2) is 38.8 Å². The zero-order valence-electron chi connectivity index (χ0n) is 16.6. The summed E-state index contributed by atoms with van der Waals surface area (Å²) in [5.41, 5.74) is 2.65. The smallest absolute Gasteiger partial charge is 0.261 e. The van der Waals surface area contributed by atoms with Crippen molar-refractivity contribution in [2.24, 2.45) is 0 Å². The van der Waals surface area contributed by atoms with E-state index in [2.05, 4.69) is 15.5 Å². The lowest BCUT2D eigenvalue weighted by Crippen LogP contribution is -2.41. The van der Waals surface area contributed by atoms with Crippen molar-refractivity contribution >= 4 is 17.7 Å². The van der Waals surface area contributed by atoms with Crippen molar-refractivity contribution in [2.45, 2.75) is 32.9 Å². The van der Waals surface area contributed by atoms with E-state index in [4.69, 9.17) is 4.52 Å². The number of imide groups is 1. The summed E-state index contributed by atoms with van der Waals surface area (Å²) in [6, 6.07) is 13.7. The van der Waals surface area contributed by atoms with E-state index >= 15 is 0 Å². The first kappa shape index (κ1) is 19.5. The number of carbonyl (C=O) groups excluding carboxylic acids is 3. The van der Waals surface area contributed by atoms with E-state index < -0.39 is 6.04 Å². The zero-order valence-corrected chi connectivity index (χ0v) is 16.6. The second-order valence-corrected chi connectivity index (χ2v) is 7.24. The molecule has 0 saturated heterocycles. The number of carbonyl (C=O) groups is 3. The van der Waals surface area contributed by atoms with Crippen LogP contribution in [0.25, 0.3) is 11.5 Å². The van der Waals surface area contributed by atoms with Crippen LogP contribution in [0.2, 0.25) is 0 Å². The monoisotopic (exact) mass is 404 g/mol. The van der Waals surface area contributed by atoms with Gasteiger partial charge in [0.2, 0.25) is 5.91 Å². The van der Waals surface area contributed by atoms with Gasteiger partial charge in [-0.15, -0.1) is 0 Å². The number of hydrogen-bond acceptors (Lipinski definition) is 6. The van der Waals surface area contributed by atoms with Crippen molar-refractivity contribution < 1.29 is 18.9 Å². The number of amides is 3. The molecule has 1 aromatic heterocycles. The highest BCUT2D eigenvalue weighted by Gasteiger charge is 2.38. The molecule has 3 amide bonds. The second kappa shape index (κ2) is 7.90. The van der Waals surface area contributed by atoms with E-state index in [-0.39, 0.29) is 30.7 Å². The van der Waals surface area contributed by atoms with Gasteiger partial charge in [-0.25, -0.2) is 0 Å². The van der Waals surface area contributed by atoms with E-state index in [0.29, 0.717) is 22.8 Å². The van der Waals surface area contributed by atoms with Gasteiger partial charge in [0.25, 0.3) is 17.7 Å². The van der Waals surface area contributed by atoms with Crippen molar-refractivity contribution in [1.29, 1.82) is 0 Å². The summed E-state index contributed by atoms with van der Waals surface area (Å²) in [5, 5.41) is 6.58. The Bertz CT molecular complexity index is 1090. The van der Waals surface area contributed by atoms with Crippen LogP contribution in [0.4, 0.5) is 0 Å². The molecule has 30 heavy (non-hydrogen) atoms. The van der Waals surface area contributed by atoms with Gasteiger partial charge in [0.15, 0.2) is 5.82 Å². The molecule has 0 radical (unpaired) electrons. The van der Waals surface area contributed by atoms with Gasteiger partial charge in [-0.1, -0.05) is 35.0 Å². The molecule has 4 rings (SSSR count). The summed E-state index contributed by atoms with van der Waals surface area (Å²) in [4.78, 5) is 42.8. The molecule has 0 saturated carbocycles. The molecule has 2 aromatic carbocycles. The third-order valence-corrected chi connectivity index (χ3v) is 4.96. The lowest BCUT2D eigenvalue weighted by molar-refractivity contribution is -0.122. The van der Waals surface area contributed by atoms with E-state index in [1.807, 2.05) is 31.2 Å². The van der Waals surface area contributed by atoms with Crippen LogP contribution in [0.1, 0.15) is 45.4 Å². The molecule has 0 bridgehead atoms. The molecule has 3 aromatic rings.